The van der Waals surface area contributed by atoms with Gasteiger partial charge in [0.25, 0.3) is 5.91 Å². The summed E-state index contributed by atoms with van der Waals surface area (Å²) in [5.74, 6) is -0.175. The van der Waals surface area contributed by atoms with Crippen molar-refractivity contribution in [3.8, 4) is 11.8 Å². The number of hydrogen-bond donors (Lipinski definition) is 3. The van der Waals surface area contributed by atoms with E-state index in [9.17, 15) is 9.59 Å². The Labute approximate surface area is 129 Å². The number of amides is 2. The fourth-order valence-electron chi connectivity index (χ4n) is 1.57. The van der Waals surface area contributed by atoms with E-state index in [2.05, 4.69) is 16.0 Å². The largest absolute Gasteiger partial charge is 0.495 e. The highest BCUT2D eigenvalue weighted by Gasteiger charge is 2.11. The van der Waals surface area contributed by atoms with Crippen LogP contribution < -0.4 is 20.7 Å². The second-order valence-electron chi connectivity index (χ2n) is 4.26. The molecule has 0 aliphatic rings. The maximum atomic E-state index is 12.0. The second kappa shape index (κ2) is 9.02. The number of hydrogen-bond acceptors (Lipinski definition) is 5. The number of carbonyl (C=O) groups is 2. The highest BCUT2D eigenvalue weighted by atomic mass is 16.5. The maximum absolute atomic E-state index is 12.0. The average Bonchev–Trinajstić information content (AvgIpc) is 2.51. The number of nitrogens with one attached hydrogen (secondary N) is 3. The number of nitriles is 1. The lowest BCUT2D eigenvalue weighted by molar-refractivity contribution is -0.119. The Balaban J connectivity index is 2.61. The zero-order valence-electron chi connectivity index (χ0n) is 12.5. The maximum Gasteiger partial charge on any atom is 0.267 e. The predicted octanol–water partition coefficient (Wildman–Crippen LogP) is 0.767. The summed E-state index contributed by atoms with van der Waals surface area (Å²) in [6, 6.07) is 8.73. The number of rotatable bonds is 7. The lowest BCUT2D eigenvalue weighted by Crippen LogP contribution is -2.28. The van der Waals surface area contributed by atoms with Crippen LogP contribution in [0.4, 0.5) is 5.69 Å². The molecule has 0 saturated carbocycles. The zero-order valence-corrected chi connectivity index (χ0v) is 12.5. The molecule has 0 atom stereocenters. The van der Waals surface area contributed by atoms with Crippen LogP contribution in [0.25, 0.3) is 0 Å². The van der Waals surface area contributed by atoms with Crippen LogP contribution >= 0.6 is 0 Å². The molecule has 0 bridgehead atoms. The summed E-state index contributed by atoms with van der Waals surface area (Å²) >= 11 is 0. The van der Waals surface area contributed by atoms with Gasteiger partial charge in [-0.1, -0.05) is 12.1 Å². The van der Waals surface area contributed by atoms with Crippen molar-refractivity contribution in [2.75, 3.05) is 25.5 Å². The standard InChI is InChI=1S/C15H18N4O3/c1-11(20)18-8-7-17-10-12(9-16)15(21)19-13-5-3-4-6-14(13)22-2/h3-6,10,17H,7-8H2,1-2H3,(H,18,20)(H,19,21)/b12-10-. The van der Waals surface area contributed by atoms with Gasteiger partial charge in [-0.2, -0.15) is 5.26 Å². The molecule has 3 N–H and O–H groups in total. The van der Waals surface area contributed by atoms with E-state index in [-0.39, 0.29) is 11.5 Å². The Kier molecular flexibility index (Phi) is 6.99. The van der Waals surface area contributed by atoms with Crippen molar-refractivity contribution in [1.29, 1.82) is 5.26 Å². The van der Waals surface area contributed by atoms with Crippen molar-refractivity contribution < 1.29 is 14.3 Å². The van der Waals surface area contributed by atoms with Crippen LogP contribution in [0.1, 0.15) is 6.92 Å². The Bertz CT molecular complexity index is 605. The summed E-state index contributed by atoms with van der Waals surface area (Å²) in [5, 5.41) is 17.0. The first kappa shape index (κ1) is 17.0. The van der Waals surface area contributed by atoms with Gasteiger partial charge in [0.05, 0.1) is 12.8 Å². The third kappa shape index (κ3) is 5.54. The zero-order chi connectivity index (χ0) is 16.4. The topological polar surface area (TPSA) is 103 Å². The first-order valence-electron chi connectivity index (χ1n) is 6.61. The van der Waals surface area contributed by atoms with Gasteiger partial charge in [-0.05, 0) is 12.1 Å². The molecule has 0 fully saturated rings. The minimum absolute atomic E-state index is 0.0752. The highest BCUT2D eigenvalue weighted by Crippen LogP contribution is 2.23. The molecule has 0 aromatic heterocycles. The summed E-state index contributed by atoms with van der Waals surface area (Å²) in [5.41, 5.74) is 0.406. The van der Waals surface area contributed by atoms with Gasteiger partial charge in [0.1, 0.15) is 17.4 Å². The normalized spacial score (nSPS) is 10.3. The lowest BCUT2D eigenvalue weighted by atomic mass is 10.2. The molecule has 0 heterocycles. The summed E-state index contributed by atoms with van der Waals surface area (Å²) in [6.45, 7) is 2.22. The average molecular weight is 302 g/mol. The molecule has 0 radical (unpaired) electrons. The molecule has 2 amide bonds. The Morgan fingerprint density at radius 1 is 1.32 bits per heavy atom. The van der Waals surface area contributed by atoms with Crippen molar-refractivity contribution in [3.05, 3.63) is 36.0 Å². The molecular weight excluding hydrogens is 284 g/mol. The van der Waals surface area contributed by atoms with Crippen molar-refractivity contribution in [2.24, 2.45) is 0 Å². The molecule has 116 valence electrons. The minimum atomic E-state index is -0.543. The SMILES string of the molecule is COc1ccccc1NC(=O)/C(C#N)=C\NCCNC(C)=O. The number of methoxy groups -OCH3 is 1. The smallest absolute Gasteiger partial charge is 0.267 e. The van der Waals surface area contributed by atoms with E-state index in [1.165, 1.54) is 20.2 Å². The van der Waals surface area contributed by atoms with Gasteiger partial charge in [-0.3, -0.25) is 9.59 Å². The van der Waals surface area contributed by atoms with E-state index in [1.807, 2.05) is 6.07 Å². The van der Waals surface area contributed by atoms with Crippen LogP contribution in [-0.2, 0) is 9.59 Å². The van der Waals surface area contributed by atoms with Gasteiger partial charge in [-0.15, -0.1) is 0 Å². The van der Waals surface area contributed by atoms with Crippen LogP contribution in [-0.4, -0.2) is 32.0 Å². The van der Waals surface area contributed by atoms with Crippen molar-refractivity contribution >= 4 is 17.5 Å². The van der Waals surface area contributed by atoms with E-state index < -0.39 is 5.91 Å². The molecule has 0 unspecified atom stereocenters. The molecule has 22 heavy (non-hydrogen) atoms. The molecule has 0 saturated heterocycles. The lowest BCUT2D eigenvalue weighted by Gasteiger charge is -2.09. The third-order valence-corrected chi connectivity index (χ3v) is 2.61. The quantitative estimate of drug-likeness (QED) is 0.392. The van der Waals surface area contributed by atoms with Crippen LogP contribution in [0.3, 0.4) is 0 Å². The molecule has 1 rings (SSSR count). The van der Waals surface area contributed by atoms with E-state index in [0.717, 1.165) is 0 Å². The number of nitrogens with zero attached hydrogens (tertiary/aromatic N) is 1. The van der Waals surface area contributed by atoms with E-state index in [1.54, 1.807) is 24.3 Å². The fourth-order valence-corrected chi connectivity index (χ4v) is 1.57. The molecule has 0 aliphatic heterocycles. The number of benzene rings is 1. The molecular formula is C15H18N4O3. The summed E-state index contributed by atoms with van der Waals surface area (Å²) in [6.07, 6.45) is 1.31. The van der Waals surface area contributed by atoms with Crippen LogP contribution in [0.2, 0.25) is 0 Å². The van der Waals surface area contributed by atoms with Crippen molar-refractivity contribution in [2.45, 2.75) is 6.92 Å². The predicted molar refractivity (Wildman–Crippen MR) is 82.0 cm³/mol. The highest BCUT2D eigenvalue weighted by molar-refractivity contribution is 6.07. The van der Waals surface area contributed by atoms with Crippen molar-refractivity contribution in [1.82, 2.24) is 10.6 Å². The summed E-state index contributed by atoms with van der Waals surface area (Å²) < 4.78 is 5.12. The summed E-state index contributed by atoms with van der Waals surface area (Å²) in [7, 11) is 1.50. The van der Waals surface area contributed by atoms with Crippen LogP contribution in [0, 0.1) is 11.3 Å². The Morgan fingerprint density at radius 2 is 2.05 bits per heavy atom. The van der Waals surface area contributed by atoms with Gasteiger partial charge in [0.15, 0.2) is 0 Å². The van der Waals surface area contributed by atoms with Gasteiger partial charge in [0, 0.05) is 26.2 Å². The Morgan fingerprint density at radius 3 is 2.68 bits per heavy atom. The van der Waals surface area contributed by atoms with Crippen LogP contribution in [0.5, 0.6) is 5.75 Å². The molecule has 0 spiro atoms. The number of ether oxygens (including phenoxy) is 1. The number of para-hydroxylation sites is 2. The first-order valence-corrected chi connectivity index (χ1v) is 6.61. The third-order valence-electron chi connectivity index (χ3n) is 2.61. The van der Waals surface area contributed by atoms with Crippen LogP contribution in [0.15, 0.2) is 36.0 Å². The van der Waals surface area contributed by atoms with Gasteiger partial charge < -0.3 is 20.7 Å². The van der Waals surface area contributed by atoms with E-state index in [4.69, 9.17) is 10.00 Å². The fraction of sp³-hybridized carbons (Fsp3) is 0.267. The van der Waals surface area contributed by atoms with Gasteiger partial charge >= 0.3 is 0 Å². The molecule has 7 heteroatoms. The molecule has 1 aromatic rings. The van der Waals surface area contributed by atoms with Crippen molar-refractivity contribution in [3.63, 3.8) is 0 Å². The Hall–Kier alpha value is -3.01. The van der Waals surface area contributed by atoms with Gasteiger partial charge in [-0.25, -0.2) is 0 Å². The van der Waals surface area contributed by atoms with E-state index in [0.29, 0.717) is 24.5 Å². The number of anilines is 1. The molecule has 1 aromatic carbocycles. The van der Waals surface area contributed by atoms with E-state index >= 15 is 0 Å². The first-order chi connectivity index (χ1) is 10.6. The minimum Gasteiger partial charge on any atom is -0.495 e. The van der Waals surface area contributed by atoms with Gasteiger partial charge in [0.2, 0.25) is 5.91 Å². The second-order valence-corrected chi connectivity index (χ2v) is 4.26. The number of carbonyl (C=O) groups excluding carboxylic acids is 2. The molecule has 0 aliphatic carbocycles. The monoisotopic (exact) mass is 302 g/mol. The summed E-state index contributed by atoms with van der Waals surface area (Å²) in [4.78, 5) is 22.7. The molecule has 7 nitrogen and oxygen atoms in total.